The van der Waals surface area contributed by atoms with E-state index < -0.39 is 0 Å². The summed E-state index contributed by atoms with van der Waals surface area (Å²) >= 11 is 0. The average molecular weight is 214 g/mol. The van der Waals surface area contributed by atoms with Crippen molar-refractivity contribution in [1.82, 2.24) is 4.90 Å². The normalized spacial score (nSPS) is 29.4. The third-order valence-corrected chi connectivity index (χ3v) is 2.84. The number of nitrogens with two attached hydrogens (primary N) is 1. The molecular weight excluding hydrogens is 188 g/mol. The van der Waals surface area contributed by atoms with E-state index in [1.165, 1.54) is 6.42 Å². The molecule has 0 radical (unpaired) electrons. The summed E-state index contributed by atoms with van der Waals surface area (Å²) in [7, 11) is 0. The summed E-state index contributed by atoms with van der Waals surface area (Å²) in [5.41, 5.74) is 6.07. The zero-order valence-corrected chi connectivity index (χ0v) is 10.6. The molecule has 1 aliphatic rings. The van der Waals surface area contributed by atoms with Gasteiger partial charge in [0.25, 0.3) is 0 Å². The van der Waals surface area contributed by atoms with Crippen LogP contribution >= 0.6 is 0 Å². The Balaban J connectivity index is 2.35. The van der Waals surface area contributed by atoms with E-state index in [9.17, 15) is 0 Å². The summed E-state index contributed by atoms with van der Waals surface area (Å²) in [5.74, 6) is 0. The third-order valence-electron chi connectivity index (χ3n) is 2.84. The van der Waals surface area contributed by atoms with Crippen LogP contribution in [0, 0.1) is 5.41 Å². The van der Waals surface area contributed by atoms with Gasteiger partial charge >= 0.3 is 0 Å². The van der Waals surface area contributed by atoms with Gasteiger partial charge in [-0.25, -0.2) is 0 Å². The summed E-state index contributed by atoms with van der Waals surface area (Å²) in [6.45, 7) is 12.8. The van der Waals surface area contributed by atoms with Gasteiger partial charge in [0.15, 0.2) is 0 Å². The first-order chi connectivity index (χ1) is 6.90. The fourth-order valence-electron chi connectivity index (χ4n) is 1.95. The standard InChI is InChI=1S/C12H26N2O/c1-10-8-14(6-5-12(2,3)4)9-11(7-13)15-10/h10-11H,5-9,13H2,1-4H3. The fraction of sp³-hybridized carbons (Fsp3) is 1.00. The molecule has 3 heteroatoms. The average Bonchev–Trinajstić information content (AvgIpc) is 2.13. The first-order valence-corrected chi connectivity index (χ1v) is 5.98. The van der Waals surface area contributed by atoms with Crippen LogP contribution in [0.3, 0.4) is 0 Å². The van der Waals surface area contributed by atoms with Gasteiger partial charge in [-0.05, 0) is 25.3 Å². The van der Waals surface area contributed by atoms with Crippen molar-refractivity contribution in [3.05, 3.63) is 0 Å². The SMILES string of the molecule is CC1CN(CCC(C)(C)C)CC(CN)O1. The minimum absolute atomic E-state index is 0.230. The van der Waals surface area contributed by atoms with E-state index in [1.807, 2.05) is 0 Å². The summed E-state index contributed by atoms with van der Waals surface area (Å²) in [6, 6.07) is 0. The Morgan fingerprint density at radius 1 is 1.33 bits per heavy atom. The quantitative estimate of drug-likeness (QED) is 0.773. The van der Waals surface area contributed by atoms with E-state index >= 15 is 0 Å². The van der Waals surface area contributed by atoms with Crippen LogP contribution in [0.2, 0.25) is 0 Å². The minimum Gasteiger partial charge on any atom is -0.371 e. The molecule has 1 rings (SSSR count). The van der Waals surface area contributed by atoms with Gasteiger partial charge in [0, 0.05) is 19.6 Å². The van der Waals surface area contributed by atoms with Crippen LogP contribution in [0.5, 0.6) is 0 Å². The van der Waals surface area contributed by atoms with Crippen molar-refractivity contribution in [1.29, 1.82) is 0 Å². The Labute approximate surface area is 94.0 Å². The number of hydrogen-bond donors (Lipinski definition) is 1. The highest BCUT2D eigenvalue weighted by Gasteiger charge is 2.24. The van der Waals surface area contributed by atoms with Crippen molar-refractivity contribution in [2.45, 2.75) is 46.3 Å². The Morgan fingerprint density at radius 3 is 2.53 bits per heavy atom. The van der Waals surface area contributed by atoms with Gasteiger partial charge in [0.05, 0.1) is 12.2 Å². The fourth-order valence-corrected chi connectivity index (χ4v) is 1.95. The molecule has 2 N–H and O–H groups in total. The second-order valence-electron chi connectivity index (χ2n) is 5.87. The molecule has 0 saturated carbocycles. The molecule has 2 atom stereocenters. The molecule has 15 heavy (non-hydrogen) atoms. The Hall–Kier alpha value is -0.120. The number of hydrogen-bond acceptors (Lipinski definition) is 3. The van der Waals surface area contributed by atoms with E-state index in [2.05, 4.69) is 32.6 Å². The highest BCUT2D eigenvalue weighted by Crippen LogP contribution is 2.20. The Kier molecular flexibility index (Phi) is 4.56. The van der Waals surface area contributed by atoms with E-state index in [0.29, 0.717) is 18.1 Å². The lowest BCUT2D eigenvalue weighted by atomic mass is 9.92. The number of nitrogens with zero attached hydrogens (tertiary/aromatic N) is 1. The minimum atomic E-state index is 0.230. The number of morpholine rings is 1. The van der Waals surface area contributed by atoms with Gasteiger partial charge in [0.1, 0.15) is 0 Å². The van der Waals surface area contributed by atoms with E-state index in [4.69, 9.17) is 10.5 Å². The molecule has 0 aromatic carbocycles. The maximum Gasteiger partial charge on any atom is 0.0828 e. The highest BCUT2D eigenvalue weighted by atomic mass is 16.5. The summed E-state index contributed by atoms with van der Waals surface area (Å²) in [4.78, 5) is 2.48. The van der Waals surface area contributed by atoms with Crippen LogP contribution in [-0.2, 0) is 4.74 Å². The predicted molar refractivity (Wildman–Crippen MR) is 63.9 cm³/mol. The monoisotopic (exact) mass is 214 g/mol. The zero-order valence-electron chi connectivity index (χ0n) is 10.6. The largest absolute Gasteiger partial charge is 0.371 e. The molecule has 1 aliphatic heterocycles. The van der Waals surface area contributed by atoms with Gasteiger partial charge < -0.3 is 10.5 Å². The van der Waals surface area contributed by atoms with Crippen molar-refractivity contribution in [2.24, 2.45) is 11.1 Å². The molecule has 0 aromatic rings. The second kappa shape index (κ2) is 5.28. The van der Waals surface area contributed by atoms with Crippen LogP contribution in [-0.4, -0.2) is 43.3 Å². The van der Waals surface area contributed by atoms with Crippen molar-refractivity contribution in [3.8, 4) is 0 Å². The first kappa shape index (κ1) is 12.9. The molecular formula is C12H26N2O. The summed E-state index contributed by atoms with van der Waals surface area (Å²) in [5, 5.41) is 0. The van der Waals surface area contributed by atoms with Crippen molar-refractivity contribution in [2.75, 3.05) is 26.2 Å². The smallest absolute Gasteiger partial charge is 0.0828 e. The second-order valence-corrected chi connectivity index (χ2v) is 5.87. The van der Waals surface area contributed by atoms with Gasteiger partial charge in [-0.3, -0.25) is 4.90 Å². The lowest BCUT2D eigenvalue weighted by molar-refractivity contribution is -0.0737. The third kappa shape index (κ3) is 4.96. The Morgan fingerprint density at radius 2 is 2.00 bits per heavy atom. The maximum atomic E-state index is 5.73. The number of ether oxygens (including phenoxy) is 1. The molecule has 0 bridgehead atoms. The molecule has 90 valence electrons. The molecule has 0 spiro atoms. The molecule has 0 amide bonds. The van der Waals surface area contributed by atoms with Crippen LogP contribution in [0.1, 0.15) is 34.1 Å². The van der Waals surface area contributed by atoms with E-state index in [0.717, 1.165) is 19.6 Å². The molecule has 3 nitrogen and oxygen atoms in total. The zero-order chi connectivity index (χ0) is 11.5. The van der Waals surface area contributed by atoms with E-state index in [-0.39, 0.29) is 6.10 Å². The van der Waals surface area contributed by atoms with Crippen molar-refractivity contribution >= 4 is 0 Å². The number of rotatable bonds is 3. The van der Waals surface area contributed by atoms with E-state index in [1.54, 1.807) is 0 Å². The van der Waals surface area contributed by atoms with Gasteiger partial charge in [0.2, 0.25) is 0 Å². The summed E-state index contributed by atoms with van der Waals surface area (Å²) in [6.07, 6.45) is 1.79. The molecule has 2 unspecified atom stereocenters. The Bertz CT molecular complexity index is 189. The predicted octanol–water partition coefficient (Wildman–Crippen LogP) is 1.47. The van der Waals surface area contributed by atoms with Gasteiger partial charge in [-0.15, -0.1) is 0 Å². The van der Waals surface area contributed by atoms with Crippen molar-refractivity contribution < 1.29 is 4.74 Å². The molecule has 0 aliphatic carbocycles. The molecule has 1 fully saturated rings. The molecule has 1 saturated heterocycles. The lowest BCUT2D eigenvalue weighted by Crippen LogP contribution is -2.49. The van der Waals surface area contributed by atoms with Crippen LogP contribution in [0.25, 0.3) is 0 Å². The molecule has 1 heterocycles. The topological polar surface area (TPSA) is 38.5 Å². The van der Waals surface area contributed by atoms with Crippen LogP contribution in [0.15, 0.2) is 0 Å². The van der Waals surface area contributed by atoms with Crippen LogP contribution in [0.4, 0.5) is 0 Å². The highest BCUT2D eigenvalue weighted by molar-refractivity contribution is 4.77. The summed E-state index contributed by atoms with van der Waals surface area (Å²) < 4.78 is 5.73. The van der Waals surface area contributed by atoms with Crippen molar-refractivity contribution in [3.63, 3.8) is 0 Å². The molecule has 0 aromatic heterocycles. The maximum absolute atomic E-state index is 5.73. The van der Waals surface area contributed by atoms with Crippen LogP contribution < -0.4 is 5.73 Å². The first-order valence-electron chi connectivity index (χ1n) is 5.98. The van der Waals surface area contributed by atoms with Gasteiger partial charge in [-0.1, -0.05) is 20.8 Å². The lowest BCUT2D eigenvalue weighted by Gasteiger charge is -2.37. The van der Waals surface area contributed by atoms with Gasteiger partial charge in [-0.2, -0.15) is 0 Å².